The lowest BCUT2D eigenvalue weighted by Crippen LogP contribution is -2.36. The molecule has 1 atom stereocenters. The van der Waals surface area contributed by atoms with Crippen molar-refractivity contribution in [2.24, 2.45) is 5.41 Å². The lowest BCUT2D eigenvalue weighted by molar-refractivity contribution is -0.157. The Morgan fingerprint density at radius 3 is 2.88 bits per heavy atom. The van der Waals surface area contributed by atoms with Crippen molar-refractivity contribution < 1.29 is 14.3 Å². The summed E-state index contributed by atoms with van der Waals surface area (Å²) in [7, 11) is 0. The Bertz CT molecular complexity index is 317. The van der Waals surface area contributed by atoms with Crippen molar-refractivity contribution in [3.05, 3.63) is 24.8 Å². The van der Waals surface area contributed by atoms with E-state index in [2.05, 4.69) is 6.58 Å². The maximum Gasteiger partial charge on any atom is 0.320 e. The summed E-state index contributed by atoms with van der Waals surface area (Å²) < 4.78 is 5.03. The molecule has 0 aliphatic heterocycles. The minimum atomic E-state index is -0.921. The Hall–Kier alpha value is -1.38. The predicted octanol–water partition coefficient (Wildman–Crippen LogP) is 2.42. The Morgan fingerprint density at radius 1 is 1.62 bits per heavy atom. The fraction of sp³-hybridized carbons (Fsp3) is 0.538. The Morgan fingerprint density at radius 2 is 2.38 bits per heavy atom. The average molecular weight is 222 g/mol. The molecule has 0 heterocycles. The zero-order valence-electron chi connectivity index (χ0n) is 9.70. The molecular weight excluding hydrogens is 204 g/mol. The molecule has 0 aromatic rings. The van der Waals surface area contributed by atoms with Gasteiger partial charge in [0.2, 0.25) is 0 Å². The SMILES string of the molecule is C=CCOC(=O)C1(C/C=C/C)CCCC1=O. The summed E-state index contributed by atoms with van der Waals surface area (Å²) in [6, 6.07) is 0. The van der Waals surface area contributed by atoms with Gasteiger partial charge in [-0.25, -0.2) is 0 Å². The molecule has 0 saturated heterocycles. The summed E-state index contributed by atoms with van der Waals surface area (Å²) in [6.07, 6.45) is 7.55. The average Bonchev–Trinajstić information content (AvgIpc) is 2.66. The highest BCUT2D eigenvalue weighted by Crippen LogP contribution is 2.39. The normalized spacial score (nSPS) is 24.9. The highest BCUT2D eigenvalue weighted by Gasteiger charge is 2.48. The molecule has 3 nitrogen and oxygen atoms in total. The van der Waals surface area contributed by atoms with Crippen LogP contribution in [0.2, 0.25) is 0 Å². The van der Waals surface area contributed by atoms with Gasteiger partial charge in [0.25, 0.3) is 0 Å². The van der Waals surface area contributed by atoms with E-state index in [1.807, 2.05) is 19.1 Å². The molecule has 0 N–H and O–H groups in total. The van der Waals surface area contributed by atoms with Crippen molar-refractivity contribution in [1.82, 2.24) is 0 Å². The van der Waals surface area contributed by atoms with Gasteiger partial charge >= 0.3 is 5.97 Å². The number of Topliss-reactive ketones (excluding diaryl/α,β-unsaturated/α-hetero) is 1. The first kappa shape index (κ1) is 12.7. The van der Waals surface area contributed by atoms with E-state index in [-0.39, 0.29) is 12.4 Å². The van der Waals surface area contributed by atoms with Crippen LogP contribution in [0.3, 0.4) is 0 Å². The monoisotopic (exact) mass is 222 g/mol. The third kappa shape index (κ3) is 2.40. The maximum atomic E-state index is 11.9. The summed E-state index contributed by atoms with van der Waals surface area (Å²) >= 11 is 0. The third-order valence-corrected chi connectivity index (χ3v) is 2.97. The van der Waals surface area contributed by atoms with Crippen LogP contribution in [0.1, 0.15) is 32.6 Å². The van der Waals surface area contributed by atoms with Crippen LogP contribution in [0, 0.1) is 5.41 Å². The second kappa shape index (κ2) is 5.64. The first-order valence-corrected chi connectivity index (χ1v) is 5.60. The van der Waals surface area contributed by atoms with Crippen molar-refractivity contribution in [3.8, 4) is 0 Å². The number of carbonyl (C=O) groups excluding carboxylic acids is 2. The molecule has 1 aliphatic carbocycles. The van der Waals surface area contributed by atoms with E-state index in [9.17, 15) is 9.59 Å². The minimum absolute atomic E-state index is 0.0136. The van der Waals surface area contributed by atoms with Gasteiger partial charge in [-0.3, -0.25) is 9.59 Å². The highest BCUT2D eigenvalue weighted by molar-refractivity contribution is 6.05. The van der Waals surface area contributed by atoms with Gasteiger partial charge in [-0.05, 0) is 26.2 Å². The minimum Gasteiger partial charge on any atom is -0.461 e. The summed E-state index contributed by atoms with van der Waals surface area (Å²) in [6.45, 7) is 5.53. The van der Waals surface area contributed by atoms with Gasteiger partial charge in [-0.15, -0.1) is 0 Å². The first-order chi connectivity index (χ1) is 7.67. The summed E-state index contributed by atoms with van der Waals surface area (Å²) in [5.74, 6) is -0.382. The third-order valence-electron chi connectivity index (χ3n) is 2.97. The largest absolute Gasteiger partial charge is 0.461 e. The summed E-state index contributed by atoms with van der Waals surface area (Å²) in [5.41, 5.74) is -0.921. The fourth-order valence-electron chi connectivity index (χ4n) is 2.04. The first-order valence-electron chi connectivity index (χ1n) is 5.60. The molecule has 0 aromatic heterocycles. The molecule has 1 unspecified atom stereocenters. The van der Waals surface area contributed by atoms with Gasteiger partial charge in [0.05, 0.1) is 0 Å². The standard InChI is InChI=1S/C13H18O3/c1-3-5-8-13(9-6-7-11(13)14)12(15)16-10-4-2/h3-5H,2,6-10H2,1H3/b5-3+. The van der Waals surface area contributed by atoms with E-state index in [1.54, 1.807) is 0 Å². The number of ketones is 1. The van der Waals surface area contributed by atoms with Gasteiger partial charge in [-0.1, -0.05) is 24.8 Å². The molecule has 1 fully saturated rings. The van der Waals surface area contributed by atoms with Crippen molar-refractivity contribution in [1.29, 1.82) is 0 Å². The van der Waals surface area contributed by atoms with Crippen molar-refractivity contribution in [3.63, 3.8) is 0 Å². The summed E-state index contributed by atoms with van der Waals surface area (Å²) in [5, 5.41) is 0. The van der Waals surface area contributed by atoms with Gasteiger partial charge in [-0.2, -0.15) is 0 Å². The quantitative estimate of drug-likeness (QED) is 0.407. The van der Waals surface area contributed by atoms with Gasteiger partial charge in [0, 0.05) is 6.42 Å². The van der Waals surface area contributed by atoms with E-state index in [1.165, 1.54) is 6.08 Å². The molecule has 88 valence electrons. The number of esters is 1. The maximum absolute atomic E-state index is 11.9. The van der Waals surface area contributed by atoms with E-state index in [0.717, 1.165) is 6.42 Å². The smallest absolute Gasteiger partial charge is 0.320 e. The van der Waals surface area contributed by atoms with Crippen molar-refractivity contribution in [2.75, 3.05) is 6.61 Å². The molecule has 0 radical (unpaired) electrons. The number of ether oxygens (including phenoxy) is 1. The molecule has 0 aromatic carbocycles. The predicted molar refractivity (Wildman–Crippen MR) is 61.9 cm³/mol. The van der Waals surface area contributed by atoms with Gasteiger partial charge in [0.1, 0.15) is 12.0 Å². The highest BCUT2D eigenvalue weighted by atomic mass is 16.5. The fourth-order valence-corrected chi connectivity index (χ4v) is 2.04. The molecule has 3 heteroatoms. The van der Waals surface area contributed by atoms with Crippen LogP contribution in [-0.4, -0.2) is 18.4 Å². The molecule has 1 saturated carbocycles. The van der Waals surface area contributed by atoms with E-state index in [4.69, 9.17) is 4.74 Å². The van der Waals surface area contributed by atoms with Crippen LogP contribution in [0.25, 0.3) is 0 Å². The van der Waals surface area contributed by atoms with Crippen molar-refractivity contribution >= 4 is 11.8 Å². The van der Waals surface area contributed by atoms with Crippen molar-refractivity contribution in [2.45, 2.75) is 32.6 Å². The van der Waals surface area contributed by atoms with Crippen LogP contribution >= 0.6 is 0 Å². The molecule has 1 rings (SSSR count). The summed E-state index contributed by atoms with van der Waals surface area (Å²) in [4.78, 5) is 23.8. The molecule has 0 bridgehead atoms. The van der Waals surface area contributed by atoms with Crippen LogP contribution in [-0.2, 0) is 14.3 Å². The Kier molecular flexibility index (Phi) is 4.47. The number of carbonyl (C=O) groups is 2. The number of hydrogen-bond acceptors (Lipinski definition) is 3. The van der Waals surface area contributed by atoms with Crippen LogP contribution in [0.4, 0.5) is 0 Å². The lowest BCUT2D eigenvalue weighted by atomic mass is 9.81. The lowest BCUT2D eigenvalue weighted by Gasteiger charge is -2.23. The second-order valence-corrected chi connectivity index (χ2v) is 4.02. The molecule has 16 heavy (non-hydrogen) atoms. The van der Waals surface area contributed by atoms with E-state index in [0.29, 0.717) is 19.3 Å². The molecular formula is C13H18O3. The molecule has 0 spiro atoms. The zero-order valence-corrected chi connectivity index (χ0v) is 9.70. The topological polar surface area (TPSA) is 43.4 Å². The van der Waals surface area contributed by atoms with Crippen LogP contribution < -0.4 is 0 Å². The second-order valence-electron chi connectivity index (χ2n) is 4.02. The number of allylic oxidation sites excluding steroid dienone is 2. The zero-order chi connectivity index (χ0) is 12.0. The molecule has 1 aliphatic rings. The van der Waals surface area contributed by atoms with Crippen LogP contribution in [0.15, 0.2) is 24.8 Å². The van der Waals surface area contributed by atoms with Crippen LogP contribution in [0.5, 0.6) is 0 Å². The van der Waals surface area contributed by atoms with Gasteiger partial charge < -0.3 is 4.74 Å². The van der Waals surface area contributed by atoms with E-state index >= 15 is 0 Å². The van der Waals surface area contributed by atoms with E-state index < -0.39 is 11.4 Å². The number of rotatable bonds is 5. The Balaban J connectivity index is 2.81. The Labute approximate surface area is 96.2 Å². The van der Waals surface area contributed by atoms with Gasteiger partial charge in [0.15, 0.2) is 5.78 Å². The number of hydrogen-bond donors (Lipinski definition) is 0. The molecule has 0 amide bonds.